The molecule has 0 saturated carbocycles. The molecule has 0 amide bonds. The molecular formula is C19H26N4. The van der Waals surface area contributed by atoms with Gasteiger partial charge in [0.05, 0.1) is 11.4 Å². The summed E-state index contributed by atoms with van der Waals surface area (Å²) >= 11 is 0. The zero-order valence-corrected chi connectivity index (χ0v) is 14.2. The Labute approximate surface area is 139 Å². The third-order valence-electron chi connectivity index (χ3n) is 4.60. The maximum atomic E-state index is 4.48. The van der Waals surface area contributed by atoms with Crippen LogP contribution in [0.4, 0.5) is 0 Å². The molecule has 0 radical (unpaired) electrons. The average molecular weight is 310 g/mol. The zero-order chi connectivity index (χ0) is 16.1. The van der Waals surface area contributed by atoms with Gasteiger partial charge in [-0.15, -0.1) is 0 Å². The molecule has 1 aromatic carbocycles. The van der Waals surface area contributed by atoms with E-state index >= 15 is 0 Å². The van der Waals surface area contributed by atoms with Crippen LogP contribution in [0.2, 0.25) is 0 Å². The molecule has 0 spiro atoms. The SMILES string of the molecule is Cc1cnc(CN(C)[C@@H]2CCCN(Cc3ccccc3)C2)cn1. The van der Waals surface area contributed by atoms with Gasteiger partial charge in [-0.3, -0.25) is 19.8 Å². The number of rotatable bonds is 5. The normalized spacial score (nSPS) is 19.2. The smallest absolute Gasteiger partial charge is 0.0727 e. The fraction of sp³-hybridized carbons (Fsp3) is 0.474. The highest BCUT2D eigenvalue weighted by Crippen LogP contribution is 2.18. The molecule has 1 atom stereocenters. The van der Waals surface area contributed by atoms with E-state index in [1.54, 1.807) is 0 Å². The predicted molar refractivity (Wildman–Crippen MR) is 93.0 cm³/mol. The van der Waals surface area contributed by atoms with Crippen molar-refractivity contribution in [2.45, 2.75) is 38.9 Å². The van der Waals surface area contributed by atoms with Crippen LogP contribution in [0, 0.1) is 6.92 Å². The second-order valence-corrected chi connectivity index (χ2v) is 6.58. The van der Waals surface area contributed by atoms with Gasteiger partial charge in [0.25, 0.3) is 0 Å². The molecule has 4 heteroatoms. The molecule has 4 nitrogen and oxygen atoms in total. The summed E-state index contributed by atoms with van der Waals surface area (Å²) < 4.78 is 0. The lowest BCUT2D eigenvalue weighted by Gasteiger charge is -2.37. The molecule has 1 aliphatic heterocycles. The van der Waals surface area contributed by atoms with Gasteiger partial charge in [0.2, 0.25) is 0 Å². The van der Waals surface area contributed by atoms with Crippen molar-refractivity contribution in [3.8, 4) is 0 Å². The Kier molecular flexibility index (Phi) is 5.36. The molecule has 0 bridgehead atoms. The summed E-state index contributed by atoms with van der Waals surface area (Å²) in [4.78, 5) is 13.8. The standard InChI is InChI=1S/C19H26N4/c1-16-11-21-18(12-20-16)14-22(2)19-9-6-10-23(15-19)13-17-7-4-3-5-8-17/h3-5,7-8,11-12,19H,6,9-10,13-15H2,1-2H3/t19-/m1/s1. The van der Waals surface area contributed by atoms with Crippen molar-refractivity contribution < 1.29 is 0 Å². The van der Waals surface area contributed by atoms with Crippen molar-refractivity contribution in [2.75, 3.05) is 20.1 Å². The van der Waals surface area contributed by atoms with Crippen molar-refractivity contribution in [3.63, 3.8) is 0 Å². The van der Waals surface area contributed by atoms with E-state index in [-0.39, 0.29) is 0 Å². The number of aryl methyl sites for hydroxylation is 1. The fourth-order valence-electron chi connectivity index (χ4n) is 3.26. The second-order valence-electron chi connectivity index (χ2n) is 6.58. The summed E-state index contributed by atoms with van der Waals surface area (Å²) in [6, 6.07) is 11.4. The molecule has 0 unspecified atom stereocenters. The number of piperidine rings is 1. The number of hydrogen-bond acceptors (Lipinski definition) is 4. The minimum Gasteiger partial charge on any atom is -0.298 e. The van der Waals surface area contributed by atoms with E-state index in [1.165, 1.54) is 24.9 Å². The first-order chi connectivity index (χ1) is 11.2. The molecule has 0 N–H and O–H groups in total. The van der Waals surface area contributed by atoms with Gasteiger partial charge in [0.1, 0.15) is 0 Å². The molecule has 2 aromatic rings. The van der Waals surface area contributed by atoms with Crippen LogP contribution in [0.15, 0.2) is 42.7 Å². The molecule has 1 fully saturated rings. The van der Waals surface area contributed by atoms with Gasteiger partial charge in [-0.25, -0.2) is 0 Å². The highest BCUT2D eigenvalue weighted by Gasteiger charge is 2.23. The Bertz CT molecular complexity index is 597. The highest BCUT2D eigenvalue weighted by atomic mass is 15.2. The first-order valence-corrected chi connectivity index (χ1v) is 8.45. The van der Waals surface area contributed by atoms with Crippen LogP contribution in [0.5, 0.6) is 0 Å². The number of likely N-dealkylation sites (N-methyl/N-ethyl adjacent to an activating group) is 1. The van der Waals surface area contributed by atoms with Crippen LogP contribution >= 0.6 is 0 Å². The van der Waals surface area contributed by atoms with E-state index in [9.17, 15) is 0 Å². The quantitative estimate of drug-likeness (QED) is 0.850. The maximum Gasteiger partial charge on any atom is 0.0727 e. The van der Waals surface area contributed by atoms with Crippen molar-refractivity contribution in [1.82, 2.24) is 19.8 Å². The van der Waals surface area contributed by atoms with Crippen molar-refractivity contribution in [1.29, 1.82) is 0 Å². The lowest BCUT2D eigenvalue weighted by Crippen LogP contribution is -2.45. The highest BCUT2D eigenvalue weighted by molar-refractivity contribution is 5.14. The summed E-state index contributed by atoms with van der Waals surface area (Å²) in [5.41, 5.74) is 3.43. The van der Waals surface area contributed by atoms with Gasteiger partial charge < -0.3 is 0 Å². The van der Waals surface area contributed by atoms with Gasteiger partial charge in [-0.2, -0.15) is 0 Å². The number of hydrogen-bond donors (Lipinski definition) is 0. The Morgan fingerprint density at radius 2 is 2.00 bits per heavy atom. The summed E-state index contributed by atoms with van der Waals surface area (Å²) in [7, 11) is 2.21. The average Bonchev–Trinajstić information content (AvgIpc) is 2.58. The van der Waals surface area contributed by atoms with Gasteiger partial charge in [-0.1, -0.05) is 30.3 Å². The van der Waals surface area contributed by atoms with Crippen LogP contribution in [-0.4, -0.2) is 45.9 Å². The van der Waals surface area contributed by atoms with Gasteiger partial charge in [-0.05, 0) is 38.9 Å². The molecule has 0 aliphatic carbocycles. The Morgan fingerprint density at radius 3 is 2.74 bits per heavy atom. The third-order valence-corrected chi connectivity index (χ3v) is 4.60. The predicted octanol–water partition coefficient (Wildman–Crippen LogP) is 2.88. The van der Waals surface area contributed by atoms with Crippen molar-refractivity contribution in [2.24, 2.45) is 0 Å². The van der Waals surface area contributed by atoms with E-state index in [2.05, 4.69) is 57.1 Å². The Morgan fingerprint density at radius 1 is 1.17 bits per heavy atom. The van der Waals surface area contributed by atoms with E-state index in [0.717, 1.165) is 31.0 Å². The fourth-order valence-corrected chi connectivity index (χ4v) is 3.26. The number of benzene rings is 1. The van der Waals surface area contributed by atoms with Gasteiger partial charge >= 0.3 is 0 Å². The first-order valence-electron chi connectivity index (χ1n) is 8.45. The summed E-state index contributed by atoms with van der Waals surface area (Å²) in [5.74, 6) is 0. The van der Waals surface area contributed by atoms with Crippen molar-refractivity contribution >= 4 is 0 Å². The molecule has 1 aliphatic rings. The molecule has 122 valence electrons. The van der Waals surface area contributed by atoms with E-state index in [0.29, 0.717) is 6.04 Å². The van der Waals surface area contributed by atoms with Gasteiger partial charge in [0, 0.05) is 38.1 Å². The summed E-state index contributed by atoms with van der Waals surface area (Å²) in [6.07, 6.45) is 6.28. The molecule has 2 heterocycles. The maximum absolute atomic E-state index is 4.48. The van der Waals surface area contributed by atoms with Crippen LogP contribution in [-0.2, 0) is 13.1 Å². The minimum atomic E-state index is 0.593. The summed E-state index contributed by atoms with van der Waals surface area (Å²) in [6.45, 7) is 6.23. The van der Waals surface area contributed by atoms with Crippen molar-refractivity contribution in [3.05, 3.63) is 59.7 Å². The molecule has 1 aromatic heterocycles. The molecular weight excluding hydrogens is 284 g/mol. The first kappa shape index (κ1) is 16.1. The Balaban J connectivity index is 1.56. The Hall–Kier alpha value is -1.78. The second kappa shape index (κ2) is 7.66. The van der Waals surface area contributed by atoms with E-state index in [4.69, 9.17) is 0 Å². The number of nitrogens with zero attached hydrogens (tertiary/aromatic N) is 4. The topological polar surface area (TPSA) is 32.3 Å². The molecule has 3 rings (SSSR count). The molecule has 23 heavy (non-hydrogen) atoms. The van der Waals surface area contributed by atoms with Crippen LogP contribution in [0.1, 0.15) is 29.8 Å². The monoisotopic (exact) mass is 310 g/mol. The van der Waals surface area contributed by atoms with Crippen LogP contribution in [0.3, 0.4) is 0 Å². The van der Waals surface area contributed by atoms with Crippen LogP contribution in [0.25, 0.3) is 0 Å². The van der Waals surface area contributed by atoms with E-state index in [1.807, 2.05) is 19.3 Å². The van der Waals surface area contributed by atoms with Crippen LogP contribution < -0.4 is 0 Å². The zero-order valence-electron chi connectivity index (χ0n) is 14.2. The molecule has 1 saturated heterocycles. The number of aromatic nitrogens is 2. The lowest BCUT2D eigenvalue weighted by atomic mass is 10.0. The largest absolute Gasteiger partial charge is 0.298 e. The number of likely N-dealkylation sites (tertiary alicyclic amines) is 1. The van der Waals surface area contributed by atoms with E-state index < -0.39 is 0 Å². The minimum absolute atomic E-state index is 0.593. The third kappa shape index (κ3) is 4.60. The summed E-state index contributed by atoms with van der Waals surface area (Å²) in [5, 5.41) is 0. The van der Waals surface area contributed by atoms with Gasteiger partial charge in [0.15, 0.2) is 0 Å². The lowest BCUT2D eigenvalue weighted by molar-refractivity contribution is 0.106.